The second-order valence-electron chi connectivity index (χ2n) is 7.87. The van der Waals surface area contributed by atoms with Crippen LogP contribution in [0.15, 0.2) is 78.9 Å². The number of carbonyl (C=O) groups is 2. The maximum atomic E-state index is 13.1. The van der Waals surface area contributed by atoms with Crippen molar-refractivity contribution in [1.29, 1.82) is 0 Å². The lowest BCUT2D eigenvalue weighted by molar-refractivity contribution is -0.121. The van der Waals surface area contributed by atoms with Gasteiger partial charge in [-0.3, -0.25) is 9.59 Å². The minimum absolute atomic E-state index is 0.0632. The van der Waals surface area contributed by atoms with Gasteiger partial charge in [0.05, 0.1) is 11.5 Å². The first kappa shape index (κ1) is 22.5. The fourth-order valence-corrected chi connectivity index (χ4v) is 4.08. The molecule has 0 aromatic heterocycles. The highest BCUT2D eigenvalue weighted by Crippen LogP contribution is 2.29. The molecule has 2 amide bonds. The molecule has 33 heavy (non-hydrogen) atoms. The van der Waals surface area contributed by atoms with E-state index >= 15 is 0 Å². The summed E-state index contributed by atoms with van der Waals surface area (Å²) in [6.45, 7) is -2.36. The Morgan fingerprint density at radius 2 is 1.64 bits per heavy atom. The zero-order valence-corrected chi connectivity index (χ0v) is 17.9. The molecule has 1 heterocycles. The molecule has 1 unspecified atom stereocenters. The Morgan fingerprint density at radius 3 is 2.42 bits per heavy atom. The summed E-state index contributed by atoms with van der Waals surface area (Å²) < 4.78 is 30.0. The minimum atomic E-state index is -3.02. The SMILES string of the molecule is O=C(Nc1ccccc1-c1ccccc1)C1CCCN(C(=O)c2ccccc2OC(F)F)C1. The number of carbonyl (C=O) groups excluding carboxylic acids is 2. The van der Waals surface area contributed by atoms with Crippen LogP contribution in [0.3, 0.4) is 0 Å². The number of rotatable bonds is 6. The van der Waals surface area contributed by atoms with Gasteiger partial charge in [-0.2, -0.15) is 8.78 Å². The molecule has 170 valence electrons. The number of para-hydroxylation sites is 2. The van der Waals surface area contributed by atoms with Crippen molar-refractivity contribution in [2.45, 2.75) is 19.5 Å². The van der Waals surface area contributed by atoms with Gasteiger partial charge in [-0.1, -0.05) is 60.7 Å². The Hall–Kier alpha value is -3.74. The summed E-state index contributed by atoms with van der Waals surface area (Å²) in [5.74, 6) is -1.17. The normalized spacial score (nSPS) is 15.8. The van der Waals surface area contributed by atoms with Crippen LogP contribution in [-0.2, 0) is 4.79 Å². The molecule has 4 rings (SSSR count). The van der Waals surface area contributed by atoms with Gasteiger partial charge >= 0.3 is 6.61 Å². The molecule has 1 fully saturated rings. The molecular formula is C26H24F2N2O3. The second kappa shape index (κ2) is 10.3. The Labute approximate surface area is 191 Å². The third-order valence-corrected chi connectivity index (χ3v) is 5.68. The van der Waals surface area contributed by atoms with Crippen molar-refractivity contribution in [3.63, 3.8) is 0 Å². The highest BCUT2D eigenvalue weighted by molar-refractivity contribution is 5.99. The third-order valence-electron chi connectivity index (χ3n) is 5.68. The molecular weight excluding hydrogens is 426 g/mol. The van der Waals surface area contributed by atoms with Gasteiger partial charge in [0.1, 0.15) is 5.75 Å². The molecule has 3 aromatic rings. The van der Waals surface area contributed by atoms with Crippen LogP contribution in [0, 0.1) is 5.92 Å². The molecule has 1 atom stereocenters. The van der Waals surface area contributed by atoms with E-state index in [1.165, 1.54) is 23.1 Å². The average molecular weight is 450 g/mol. The highest BCUT2D eigenvalue weighted by atomic mass is 19.3. The topological polar surface area (TPSA) is 58.6 Å². The van der Waals surface area contributed by atoms with Crippen molar-refractivity contribution in [3.05, 3.63) is 84.4 Å². The van der Waals surface area contributed by atoms with Gasteiger partial charge in [0.2, 0.25) is 5.91 Å². The molecule has 1 N–H and O–H groups in total. The molecule has 1 aliphatic heterocycles. The number of alkyl halides is 2. The fraction of sp³-hybridized carbons (Fsp3) is 0.231. The Balaban J connectivity index is 1.48. The summed E-state index contributed by atoms with van der Waals surface area (Å²) in [5.41, 5.74) is 2.67. The summed E-state index contributed by atoms with van der Waals surface area (Å²) in [4.78, 5) is 27.7. The van der Waals surface area contributed by atoms with Crippen molar-refractivity contribution in [2.75, 3.05) is 18.4 Å². The van der Waals surface area contributed by atoms with E-state index in [0.29, 0.717) is 25.1 Å². The van der Waals surface area contributed by atoms with E-state index in [4.69, 9.17) is 0 Å². The summed E-state index contributed by atoms with van der Waals surface area (Å²) >= 11 is 0. The Kier molecular flexibility index (Phi) is 6.98. The van der Waals surface area contributed by atoms with E-state index in [2.05, 4.69) is 10.1 Å². The number of likely N-dealkylation sites (tertiary alicyclic amines) is 1. The lowest BCUT2D eigenvalue weighted by Gasteiger charge is -2.32. The van der Waals surface area contributed by atoms with Crippen molar-refractivity contribution < 1.29 is 23.1 Å². The van der Waals surface area contributed by atoms with E-state index in [0.717, 1.165) is 11.1 Å². The largest absolute Gasteiger partial charge is 0.434 e. The van der Waals surface area contributed by atoms with Crippen molar-refractivity contribution >= 4 is 17.5 Å². The number of piperidine rings is 1. The maximum Gasteiger partial charge on any atom is 0.387 e. The average Bonchev–Trinajstić information content (AvgIpc) is 2.84. The Bertz CT molecular complexity index is 1120. The van der Waals surface area contributed by atoms with Crippen LogP contribution in [0.5, 0.6) is 5.75 Å². The van der Waals surface area contributed by atoms with Gasteiger partial charge in [0.15, 0.2) is 0 Å². The molecule has 7 heteroatoms. The van der Waals surface area contributed by atoms with Gasteiger partial charge in [0.25, 0.3) is 5.91 Å². The molecule has 5 nitrogen and oxygen atoms in total. The van der Waals surface area contributed by atoms with Gasteiger partial charge < -0.3 is 15.0 Å². The highest BCUT2D eigenvalue weighted by Gasteiger charge is 2.30. The zero-order chi connectivity index (χ0) is 23.2. The Morgan fingerprint density at radius 1 is 0.939 bits per heavy atom. The lowest BCUT2D eigenvalue weighted by atomic mass is 9.95. The van der Waals surface area contributed by atoms with Crippen LogP contribution in [-0.4, -0.2) is 36.4 Å². The van der Waals surface area contributed by atoms with Crippen molar-refractivity contribution in [1.82, 2.24) is 4.90 Å². The van der Waals surface area contributed by atoms with E-state index in [-0.39, 0.29) is 23.8 Å². The second-order valence-corrected chi connectivity index (χ2v) is 7.87. The van der Waals surface area contributed by atoms with Gasteiger partial charge in [-0.05, 0) is 36.6 Å². The van der Waals surface area contributed by atoms with Gasteiger partial charge in [-0.25, -0.2) is 0 Å². The number of nitrogens with one attached hydrogen (secondary N) is 1. The summed E-state index contributed by atoms with van der Waals surface area (Å²) in [6, 6.07) is 23.3. The van der Waals surface area contributed by atoms with Crippen LogP contribution in [0.1, 0.15) is 23.2 Å². The number of hydrogen-bond donors (Lipinski definition) is 1. The van der Waals surface area contributed by atoms with Crippen LogP contribution in [0.2, 0.25) is 0 Å². The molecule has 0 bridgehead atoms. The van der Waals surface area contributed by atoms with E-state index < -0.39 is 18.4 Å². The summed E-state index contributed by atoms with van der Waals surface area (Å²) in [5, 5.41) is 3.01. The van der Waals surface area contributed by atoms with Crippen LogP contribution < -0.4 is 10.1 Å². The predicted octanol–water partition coefficient (Wildman–Crippen LogP) is 5.45. The molecule has 1 aliphatic rings. The van der Waals surface area contributed by atoms with Crippen LogP contribution in [0.4, 0.5) is 14.5 Å². The first-order valence-electron chi connectivity index (χ1n) is 10.8. The number of amides is 2. The first-order valence-corrected chi connectivity index (χ1v) is 10.8. The summed E-state index contributed by atoms with van der Waals surface area (Å²) in [7, 11) is 0. The molecule has 3 aromatic carbocycles. The molecule has 0 radical (unpaired) electrons. The number of ether oxygens (including phenoxy) is 1. The quantitative estimate of drug-likeness (QED) is 0.544. The molecule has 0 saturated carbocycles. The summed E-state index contributed by atoms with van der Waals surface area (Å²) in [6.07, 6.45) is 1.28. The maximum absolute atomic E-state index is 13.1. The molecule has 1 saturated heterocycles. The van der Waals surface area contributed by atoms with E-state index in [1.54, 1.807) is 6.07 Å². The monoisotopic (exact) mass is 450 g/mol. The zero-order valence-electron chi connectivity index (χ0n) is 17.9. The minimum Gasteiger partial charge on any atom is -0.434 e. The standard InChI is InChI=1S/C26H24F2N2O3/c27-26(28)33-23-15-7-5-13-21(23)25(32)30-16-8-11-19(17-30)24(31)29-22-14-6-4-12-20(22)18-9-2-1-3-10-18/h1-7,9-10,12-15,19,26H,8,11,16-17H2,(H,29,31). The van der Waals surface area contributed by atoms with E-state index in [1.807, 2.05) is 54.6 Å². The number of halogens is 2. The van der Waals surface area contributed by atoms with E-state index in [9.17, 15) is 18.4 Å². The number of anilines is 1. The number of benzene rings is 3. The number of nitrogens with zero attached hydrogens (tertiary/aromatic N) is 1. The van der Waals surface area contributed by atoms with Crippen molar-refractivity contribution in [3.8, 4) is 16.9 Å². The molecule has 0 spiro atoms. The van der Waals surface area contributed by atoms with Crippen molar-refractivity contribution in [2.24, 2.45) is 5.92 Å². The van der Waals surface area contributed by atoms with Gasteiger partial charge in [-0.15, -0.1) is 0 Å². The lowest BCUT2D eigenvalue weighted by Crippen LogP contribution is -2.44. The van der Waals surface area contributed by atoms with Crippen LogP contribution in [0.25, 0.3) is 11.1 Å². The third kappa shape index (κ3) is 5.37. The van der Waals surface area contributed by atoms with Crippen LogP contribution >= 0.6 is 0 Å². The number of hydrogen-bond acceptors (Lipinski definition) is 3. The smallest absolute Gasteiger partial charge is 0.387 e. The molecule has 0 aliphatic carbocycles. The van der Waals surface area contributed by atoms with Gasteiger partial charge in [0, 0.05) is 24.3 Å². The fourth-order valence-electron chi connectivity index (χ4n) is 4.08. The predicted molar refractivity (Wildman–Crippen MR) is 122 cm³/mol. The first-order chi connectivity index (χ1) is 16.0.